The highest BCUT2D eigenvalue weighted by molar-refractivity contribution is 6.34. The van der Waals surface area contributed by atoms with E-state index in [2.05, 4.69) is 5.32 Å². The molecule has 2 nitrogen and oxygen atoms in total. The normalized spacial score (nSPS) is 15.8. The summed E-state index contributed by atoms with van der Waals surface area (Å²) in [6, 6.07) is 8.39. The molecule has 0 fully saturated rings. The van der Waals surface area contributed by atoms with Gasteiger partial charge in [-0.25, -0.2) is 4.39 Å². The first kappa shape index (κ1) is 14.3. The van der Waals surface area contributed by atoms with Crippen LogP contribution in [0.3, 0.4) is 0 Å². The number of amides is 1. The van der Waals surface area contributed by atoms with Gasteiger partial charge in [0, 0.05) is 16.8 Å². The molecule has 2 aromatic rings. The largest absolute Gasteiger partial charge is 0.416 e. The Morgan fingerprint density at radius 2 is 1.82 bits per heavy atom. The third-order valence-electron chi connectivity index (χ3n) is 3.29. The number of carbonyl (C=O) groups excluding carboxylic acids is 1. The molecular formula is C16H9F4NO. The first-order chi connectivity index (χ1) is 10.3. The van der Waals surface area contributed by atoms with Gasteiger partial charge in [-0.1, -0.05) is 12.1 Å². The number of fused-ring (bicyclic) bond motifs is 1. The molecule has 1 N–H and O–H groups in total. The summed E-state index contributed by atoms with van der Waals surface area (Å²) < 4.78 is 51.4. The molecule has 0 aromatic heterocycles. The average Bonchev–Trinajstić information content (AvgIpc) is 2.75. The monoisotopic (exact) mass is 307 g/mol. The van der Waals surface area contributed by atoms with E-state index in [4.69, 9.17) is 0 Å². The van der Waals surface area contributed by atoms with E-state index in [1.54, 1.807) is 0 Å². The van der Waals surface area contributed by atoms with Gasteiger partial charge in [-0.3, -0.25) is 4.79 Å². The lowest BCUT2D eigenvalue weighted by Crippen LogP contribution is -2.05. The summed E-state index contributed by atoms with van der Waals surface area (Å²) >= 11 is 0. The van der Waals surface area contributed by atoms with Crippen LogP contribution in [0.5, 0.6) is 0 Å². The lowest BCUT2D eigenvalue weighted by atomic mass is 10.0. The second-order valence-electron chi connectivity index (χ2n) is 4.83. The SMILES string of the molecule is O=C1Nc2ccc(F)cc2C1=Cc1cccc(C(F)(F)F)c1. The van der Waals surface area contributed by atoms with Crippen LogP contribution in [0.4, 0.5) is 23.2 Å². The molecule has 0 saturated carbocycles. The molecule has 1 heterocycles. The number of hydrogen-bond acceptors (Lipinski definition) is 1. The number of alkyl halides is 3. The highest BCUT2D eigenvalue weighted by Gasteiger charge is 2.30. The van der Waals surface area contributed by atoms with Crippen molar-refractivity contribution in [1.82, 2.24) is 0 Å². The summed E-state index contributed by atoms with van der Waals surface area (Å²) in [5, 5.41) is 2.54. The Labute approximate surface area is 123 Å². The quantitative estimate of drug-likeness (QED) is 0.616. The molecule has 0 bridgehead atoms. The molecule has 0 unspecified atom stereocenters. The van der Waals surface area contributed by atoms with E-state index in [1.165, 1.54) is 36.4 Å². The van der Waals surface area contributed by atoms with Gasteiger partial charge in [0.25, 0.3) is 5.91 Å². The van der Waals surface area contributed by atoms with Gasteiger partial charge in [-0.15, -0.1) is 0 Å². The first-order valence-electron chi connectivity index (χ1n) is 6.35. The smallest absolute Gasteiger partial charge is 0.321 e. The fourth-order valence-electron chi connectivity index (χ4n) is 2.28. The molecule has 0 atom stereocenters. The van der Waals surface area contributed by atoms with Crippen LogP contribution in [0.2, 0.25) is 0 Å². The number of halogens is 4. The van der Waals surface area contributed by atoms with E-state index in [0.717, 1.165) is 12.1 Å². The van der Waals surface area contributed by atoms with Crippen molar-refractivity contribution in [2.24, 2.45) is 0 Å². The van der Waals surface area contributed by atoms with Crippen molar-refractivity contribution in [3.63, 3.8) is 0 Å². The summed E-state index contributed by atoms with van der Waals surface area (Å²) in [5.41, 5.74) is 0.317. The molecule has 22 heavy (non-hydrogen) atoms. The van der Waals surface area contributed by atoms with Gasteiger partial charge >= 0.3 is 6.18 Å². The zero-order chi connectivity index (χ0) is 15.9. The Kier molecular flexibility index (Phi) is 3.24. The van der Waals surface area contributed by atoms with Crippen LogP contribution in [0.15, 0.2) is 42.5 Å². The van der Waals surface area contributed by atoms with E-state index in [-0.39, 0.29) is 11.1 Å². The van der Waals surface area contributed by atoms with Gasteiger partial charge < -0.3 is 5.32 Å². The molecule has 1 aliphatic heterocycles. The number of hydrogen-bond donors (Lipinski definition) is 1. The van der Waals surface area contributed by atoms with Crippen molar-refractivity contribution in [1.29, 1.82) is 0 Å². The minimum absolute atomic E-state index is 0.133. The fourth-order valence-corrected chi connectivity index (χ4v) is 2.28. The molecule has 0 spiro atoms. The minimum atomic E-state index is -4.46. The fraction of sp³-hybridized carbons (Fsp3) is 0.0625. The second kappa shape index (κ2) is 4.98. The van der Waals surface area contributed by atoms with E-state index in [9.17, 15) is 22.4 Å². The van der Waals surface area contributed by atoms with Crippen LogP contribution in [-0.2, 0) is 11.0 Å². The Morgan fingerprint density at radius 1 is 1.05 bits per heavy atom. The lowest BCUT2D eigenvalue weighted by molar-refractivity contribution is -0.137. The van der Waals surface area contributed by atoms with Crippen molar-refractivity contribution in [3.8, 4) is 0 Å². The van der Waals surface area contributed by atoms with Crippen molar-refractivity contribution in [2.45, 2.75) is 6.18 Å². The Balaban J connectivity index is 2.07. The maximum atomic E-state index is 13.3. The molecule has 0 saturated heterocycles. The Bertz CT molecular complexity index is 793. The molecule has 6 heteroatoms. The van der Waals surface area contributed by atoms with Crippen molar-refractivity contribution in [2.75, 3.05) is 5.32 Å². The zero-order valence-corrected chi connectivity index (χ0v) is 11.0. The average molecular weight is 307 g/mol. The molecule has 0 radical (unpaired) electrons. The van der Waals surface area contributed by atoms with Gasteiger partial charge in [0.15, 0.2) is 0 Å². The van der Waals surface area contributed by atoms with E-state index >= 15 is 0 Å². The molecule has 112 valence electrons. The van der Waals surface area contributed by atoms with Crippen molar-refractivity contribution >= 4 is 23.2 Å². The third-order valence-corrected chi connectivity index (χ3v) is 3.29. The Hall–Kier alpha value is -2.63. The predicted octanol–water partition coefficient (Wildman–Crippen LogP) is 4.34. The highest BCUT2D eigenvalue weighted by atomic mass is 19.4. The van der Waals surface area contributed by atoms with Crippen molar-refractivity contribution in [3.05, 3.63) is 65.0 Å². The van der Waals surface area contributed by atoms with Crippen molar-refractivity contribution < 1.29 is 22.4 Å². The van der Waals surface area contributed by atoms with Crippen LogP contribution in [-0.4, -0.2) is 5.91 Å². The Morgan fingerprint density at radius 3 is 2.55 bits per heavy atom. The summed E-state index contributed by atoms with van der Waals surface area (Å²) in [6.07, 6.45) is -3.15. The van der Waals surface area contributed by atoms with Crippen LogP contribution >= 0.6 is 0 Å². The van der Waals surface area contributed by atoms with Gasteiger partial charge in [-0.05, 0) is 42.0 Å². The molecule has 1 amide bonds. The molecule has 1 aliphatic rings. The van der Waals surface area contributed by atoms with E-state index in [1.807, 2.05) is 0 Å². The number of benzene rings is 2. The summed E-state index contributed by atoms with van der Waals surface area (Å²) in [6.45, 7) is 0. The topological polar surface area (TPSA) is 29.1 Å². The van der Waals surface area contributed by atoms with Gasteiger partial charge in [0.1, 0.15) is 5.82 Å². The third kappa shape index (κ3) is 2.59. The zero-order valence-electron chi connectivity index (χ0n) is 11.0. The number of carbonyl (C=O) groups is 1. The van der Waals surface area contributed by atoms with Gasteiger partial charge in [-0.2, -0.15) is 13.2 Å². The van der Waals surface area contributed by atoms with Crippen LogP contribution < -0.4 is 5.32 Å². The minimum Gasteiger partial charge on any atom is -0.321 e. The van der Waals surface area contributed by atoms with Crippen LogP contribution in [0.25, 0.3) is 11.6 Å². The van der Waals surface area contributed by atoms with E-state index < -0.39 is 23.5 Å². The first-order valence-corrected chi connectivity index (χ1v) is 6.35. The highest BCUT2D eigenvalue weighted by Crippen LogP contribution is 2.35. The standard InChI is InChI=1S/C16H9F4NO/c17-11-4-5-14-12(8-11)13(15(22)21-14)7-9-2-1-3-10(6-9)16(18,19)20/h1-8H,(H,21,22). The maximum absolute atomic E-state index is 13.3. The molecule has 2 aromatic carbocycles. The van der Waals surface area contributed by atoms with Crippen LogP contribution in [0, 0.1) is 5.82 Å². The summed E-state index contributed by atoms with van der Waals surface area (Å²) in [5.74, 6) is -0.997. The number of anilines is 1. The van der Waals surface area contributed by atoms with Gasteiger partial charge in [0.05, 0.1) is 5.56 Å². The molecule has 3 rings (SSSR count). The van der Waals surface area contributed by atoms with Crippen LogP contribution in [0.1, 0.15) is 16.7 Å². The number of nitrogens with one attached hydrogen (secondary N) is 1. The number of rotatable bonds is 1. The van der Waals surface area contributed by atoms with E-state index in [0.29, 0.717) is 11.3 Å². The summed E-state index contributed by atoms with van der Waals surface area (Å²) in [4.78, 5) is 11.9. The lowest BCUT2D eigenvalue weighted by Gasteiger charge is -2.07. The summed E-state index contributed by atoms with van der Waals surface area (Å²) in [7, 11) is 0. The van der Waals surface area contributed by atoms with Gasteiger partial charge in [0.2, 0.25) is 0 Å². The molecule has 0 aliphatic carbocycles. The second-order valence-corrected chi connectivity index (χ2v) is 4.83. The molecular weight excluding hydrogens is 298 g/mol. The predicted molar refractivity (Wildman–Crippen MR) is 74.3 cm³/mol. The maximum Gasteiger partial charge on any atom is 0.416 e.